The number of carbonyl (C=O) groups is 1. The molecule has 2 atom stereocenters. The normalized spacial score (nSPS) is 21.7. The Morgan fingerprint density at radius 2 is 2.21 bits per heavy atom. The molecule has 108 valence electrons. The molecule has 0 aromatic carbocycles. The minimum Gasteiger partial charge on any atom is -0.460 e. The average molecular weight is 285 g/mol. The first-order chi connectivity index (χ1) is 8.67. The van der Waals surface area contributed by atoms with Gasteiger partial charge in [-0.2, -0.15) is 0 Å². The smallest absolute Gasteiger partial charge is 0.306 e. The molecule has 7 heteroatoms. The van der Waals surface area contributed by atoms with Crippen LogP contribution in [0.4, 0.5) is 0 Å². The molecule has 1 saturated heterocycles. The highest BCUT2D eigenvalue weighted by Crippen LogP contribution is 2.38. The van der Waals surface area contributed by atoms with Crippen LogP contribution in [0.1, 0.15) is 33.6 Å². The van der Waals surface area contributed by atoms with Gasteiger partial charge in [0, 0.05) is 11.3 Å². The van der Waals surface area contributed by atoms with Gasteiger partial charge in [0.25, 0.3) is 0 Å². The monoisotopic (exact) mass is 285 g/mol. The van der Waals surface area contributed by atoms with Gasteiger partial charge in [-0.25, -0.2) is 0 Å². The maximum Gasteiger partial charge on any atom is 0.306 e. The SMILES string of the molecule is CC(C)(C)[Si](C)(C)O[C@H](CN=[N+]=[N-])[C@@H]1CCC(=O)O1. The number of nitrogens with zero attached hydrogens (tertiary/aromatic N) is 3. The van der Waals surface area contributed by atoms with Gasteiger partial charge in [-0.1, -0.05) is 25.9 Å². The summed E-state index contributed by atoms with van der Waals surface area (Å²) in [7, 11) is -1.98. The van der Waals surface area contributed by atoms with Crippen LogP contribution < -0.4 is 0 Å². The molecule has 1 fully saturated rings. The predicted octanol–water partition coefficient (Wildman–Crippen LogP) is 3.39. The summed E-state index contributed by atoms with van der Waals surface area (Å²) < 4.78 is 11.5. The third kappa shape index (κ3) is 4.23. The number of esters is 1. The molecule has 1 aliphatic rings. The van der Waals surface area contributed by atoms with E-state index in [1.165, 1.54) is 0 Å². The van der Waals surface area contributed by atoms with Crippen molar-refractivity contribution in [2.45, 2.75) is 64.0 Å². The molecule has 1 aliphatic heterocycles. The molecule has 0 bridgehead atoms. The van der Waals surface area contributed by atoms with Crippen LogP contribution in [0.15, 0.2) is 5.11 Å². The van der Waals surface area contributed by atoms with E-state index in [4.69, 9.17) is 14.7 Å². The molecule has 0 saturated carbocycles. The fraction of sp³-hybridized carbons (Fsp3) is 0.917. The first-order valence-corrected chi connectivity index (χ1v) is 9.46. The van der Waals surface area contributed by atoms with E-state index in [2.05, 4.69) is 43.9 Å². The van der Waals surface area contributed by atoms with Crippen LogP contribution in [-0.4, -0.2) is 33.0 Å². The minimum absolute atomic E-state index is 0.0597. The molecule has 19 heavy (non-hydrogen) atoms. The largest absolute Gasteiger partial charge is 0.460 e. The second kappa shape index (κ2) is 5.94. The molecule has 0 amide bonds. The predicted molar refractivity (Wildman–Crippen MR) is 75.2 cm³/mol. The van der Waals surface area contributed by atoms with Crippen LogP contribution in [0.25, 0.3) is 10.4 Å². The lowest BCUT2D eigenvalue weighted by molar-refractivity contribution is -0.144. The highest BCUT2D eigenvalue weighted by molar-refractivity contribution is 6.74. The summed E-state index contributed by atoms with van der Waals surface area (Å²) in [5.74, 6) is -0.199. The summed E-state index contributed by atoms with van der Waals surface area (Å²) in [6.45, 7) is 10.9. The fourth-order valence-corrected chi connectivity index (χ4v) is 3.05. The van der Waals surface area contributed by atoms with Crippen molar-refractivity contribution >= 4 is 14.3 Å². The zero-order valence-corrected chi connectivity index (χ0v) is 13.3. The highest BCUT2D eigenvalue weighted by atomic mass is 28.4. The van der Waals surface area contributed by atoms with Gasteiger partial charge in [0.1, 0.15) is 6.10 Å². The molecule has 1 rings (SSSR count). The third-order valence-electron chi connectivity index (χ3n) is 3.91. The third-order valence-corrected chi connectivity index (χ3v) is 8.41. The van der Waals surface area contributed by atoms with Gasteiger partial charge in [0.05, 0.1) is 12.6 Å². The molecule has 1 heterocycles. The van der Waals surface area contributed by atoms with Crippen molar-refractivity contribution < 1.29 is 14.0 Å². The van der Waals surface area contributed by atoms with Crippen LogP contribution in [0, 0.1) is 0 Å². The van der Waals surface area contributed by atoms with E-state index in [0.717, 1.165) is 0 Å². The van der Waals surface area contributed by atoms with Gasteiger partial charge >= 0.3 is 5.97 Å². The first kappa shape index (κ1) is 16.0. The van der Waals surface area contributed by atoms with Crippen LogP contribution in [-0.2, 0) is 14.0 Å². The Balaban J connectivity index is 2.80. The number of hydrogen-bond donors (Lipinski definition) is 0. The standard InChI is InChI=1S/C12H23N3O3Si/c1-12(2,3)19(4,5)18-10(8-14-15-13)9-6-7-11(16)17-9/h9-10H,6-8H2,1-5H3/t9-,10+/m0/s1. The van der Waals surface area contributed by atoms with Crippen molar-refractivity contribution in [3.8, 4) is 0 Å². The van der Waals surface area contributed by atoms with E-state index in [1.807, 2.05) is 0 Å². The quantitative estimate of drug-likeness (QED) is 0.255. The maximum atomic E-state index is 11.2. The van der Waals surface area contributed by atoms with E-state index < -0.39 is 8.32 Å². The van der Waals surface area contributed by atoms with Gasteiger partial charge in [0.15, 0.2) is 8.32 Å². The van der Waals surface area contributed by atoms with Crippen molar-refractivity contribution in [3.05, 3.63) is 10.4 Å². The number of azide groups is 1. The number of rotatable bonds is 5. The van der Waals surface area contributed by atoms with Gasteiger partial charge < -0.3 is 9.16 Å². The highest BCUT2D eigenvalue weighted by Gasteiger charge is 2.42. The van der Waals surface area contributed by atoms with Crippen molar-refractivity contribution in [2.75, 3.05) is 6.54 Å². The fourth-order valence-electron chi connectivity index (χ4n) is 1.71. The lowest BCUT2D eigenvalue weighted by Gasteiger charge is -2.40. The Bertz CT molecular complexity index is 386. The van der Waals surface area contributed by atoms with Crippen LogP contribution in [0.3, 0.4) is 0 Å². The van der Waals surface area contributed by atoms with Crippen molar-refractivity contribution in [2.24, 2.45) is 5.11 Å². The molecular formula is C12H23N3O3Si. The summed E-state index contributed by atoms with van der Waals surface area (Å²) in [5.41, 5.74) is 8.47. The van der Waals surface area contributed by atoms with Crippen LogP contribution in [0.5, 0.6) is 0 Å². The Morgan fingerprint density at radius 1 is 1.58 bits per heavy atom. The zero-order chi connectivity index (χ0) is 14.7. The lowest BCUT2D eigenvalue weighted by Crippen LogP contribution is -2.48. The summed E-state index contributed by atoms with van der Waals surface area (Å²) in [6, 6.07) is 0. The first-order valence-electron chi connectivity index (χ1n) is 6.55. The average Bonchev–Trinajstić information content (AvgIpc) is 2.69. The zero-order valence-electron chi connectivity index (χ0n) is 12.3. The topological polar surface area (TPSA) is 84.3 Å². The van der Waals surface area contributed by atoms with E-state index >= 15 is 0 Å². The van der Waals surface area contributed by atoms with Crippen molar-refractivity contribution in [3.63, 3.8) is 0 Å². The Morgan fingerprint density at radius 3 is 2.63 bits per heavy atom. The van der Waals surface area contributed by atoms with Crippen LogP contribution >= 0.6 is 0 Å². The second-order valence-corrected chi connectivity index (χ2v) is 11.2. The molecule has 0 unspecified atom stereocenters. The van der Waals surface area contributed by atoms with E-state index in [9.17, 15) is 4.79 Å². The van der Waals surface area contributed by atoms with Gasteiger partial charge in [-0.05, 0) is 30.1 Å². The van der Waals surface area contributed by atoms with Crippen molar-refractivity contribution in [1.82, 2.24) is 0 Å². The van der Waals surface area contributed by atoms with E-state index in [0.29, 0.717) is 12.8 Å². The van der Waals surface area contributed by atoms with Gasteiger partial charge in [-0.15, -0.1) is 0 Å². The number of hydrogen-bond acceptors (Lipinski definition) is 4. The minimum atomic E-state index is -1.98. The molecule has 0 aromatic rings. The summed E-state index contributed by atoms with van der Waals surface area (Å²) in [5, 5.41) is 3.65. The Kier molecular flexibility index (Phi) is 5.01. The Labute approximate surface area is 115 Å². The molecule has 0 radical (unpaired) electrons. The molecule has 6 nitrogen and oxygen atoms in total. The summed E-state index contributed by atoms with van der Waals surface area (Å²) in [6.07, 6.45) is 0.438. The summed E-state index contributed by atoms with van der Waals surface area (Å²) in [4.78, 5) is 14.0. The van der Waals surface area contributed by atoms with E-state index in [-0.39, 0.29) is 29.8 Å². The van der Waals surface area contributed by atoms with E-state index in [1.54, 1.807) is 0 Å². The second-order valence-electron chi connectivity index (χ2n) is 6.40. The molecule has 0 aromatic heterocycles. The van der Waals surface area contributed by atoms with Gasteiger partial charge in [0.2, 0.25) is 0 Å². The molecule has 0 aliphatic carbocycles. The van der Waals surface area contributed by atoms with Gasteiger partial charge in [-0.3, -0.25) is 4.79 Å². The maximum absolute atomic E-state index is 11.2. The Hall–Kier alpha value is -1.04. The van der Waals surface area contributed by atoms with Crippen molar-refractivity contribution in [1.29, 1.82) is 0 Å². The number of ether oxygens (including phenoxy) is 1. The molecular weight excluding hydrogens is 262 g/mol. The number of carbonyl (C=O) groups excluding carboxylic acids is 1. The summed E-state index contributed by atoms with van der Waals surface area (Å²) >= 11 is 0. The lowest BCUT2D eigenvalue weighted by atomic mass is 10.1. The van der Waals surface area contributed by atoms with Crippen LogP contribution in [0.2, 0.25) is 18.1 Å². The molecule has 0 N–H and O–H groups in total. The number of cyclic esters (lactones) is 1. The molecule has 0 spiro atoms.